The van der Waals surface area contributed by atoms with Crippen molar-refractivity contribution in [3.63, 3.8) is 0 Å². The number of carbonyl (C=O) groups is 1. The number of hydrogen-bond acceptors (Lipinski definition) is 5. The Labute approximate surface area is 127 Å². The van der Waals surface area contributed by atoms with E-state index >= 15 is 0 Å². The molecule has 0 bridgehead atoms. The van der Waals surface area contributed by atoms with Crippen LogP contribution in [0.5, 0.6) is 0 Å². The third kappa shape index (κ3) is 5.57. The highest BCUT2D eigenvalue weighted by Gasteiger charge is 2.12. The quantitative estimate of drug-likeness (QED) is 0.715. The maximum atomic E-state index is 11.8. The smallest absolute Gasteiger partial charge is 0.223 e. The van der Waals surface area contributed by atoms with Crippen molar-refractivity contribution in [2.75, 3.05) is 37.4 Å². The number of aromatic nitrogens is 2. The van der Waals surface area contributed by atoms with Gasteiger partial charge in [-0.15, -0.1) is 0 Å². The minimum atomic E-state index is 0.117. The van der Waals surface area contributed by atoms with Crippen LogP contribution in [0, 0.1) is 12.8 Å². The van der Waals surface area contributed by atoms with Crippen molar-refractivity contribution in [2.24, 2.45) is 5.92 Å². The average molecular weight is 293 g/mol. The Morgan fingerprint density at radius 2 is 1.90 bits per heavy atom. The number of aryl methyl sites for hydroxylation is 1. The minimum Gasteiger partial charge on any atom is -0.368 e. The Hall–Kier alpha value is -1.85. The van der Waals surface area contributed by atoms with E-state index in [1.54, 1.807) is 0 Å². The van der Waals surface area contributed by atoms with Gasteiger partial charge in [0, 0.05) is 39.2 Å². The zero-order chi connectivity index (χ0) is 15.8. The fourth-order valence-electron chi connectivity index (χ4n) is 2.05. The number of anilines is 2. The topological polar surface area (TPSA) is 70.2 Å². The van der Waals surface area contributed by atoms with E-state index in [1.807, 2.05) is 45.8 Å². The molecule has 0 atom stereocenters. The van der Waals surface area contributed by atoms with Crippen LogP contribution in [0.25, 0.3) is 0 Å². The zero-order valence-corrected chi connectivity index (χ0v) is 13.7. The van der Waals surface area contributed by atoms with E-state index in [2.05, 4.69) is 20.6 Å². The number of nitrogens with one attached hydrogen (secondary N) is 2. The Morgan fingerprint density at radius 3 is 2.48 bits per heavy atom. The number of amides is 1. The van der Waals surface area contributed by atoms with Gasteiger partial charge in [0.05, 0.1) is 0 Å². The van der Waals surface area contributed by atoms with Gasteiger partial charge in [0.25, 0.3) is 0 Å². The molecule has 6 nitrogen and oxygen atoms in total. The summed E-state index contributed by atoms with van der Waals surface area (Å²) in [5.74, 6) is 2.63. The highest BCUT2D eigenvalue weighted by atomic mass is 16.1. The Kier molecular flexibility index (Phi) is 6.91. The number of hydrogen-bond donors (Lipinski definition) is 2. The summed E-state index contributed by atoms with van der Waals surface area (Å²) in [6.07, 6.45) is 1.76. The normalized spacial score (nSPS) is 10.6. The van der Waals surface area contributed by atoms with Crippen molar-refractivity contribution in [3.05, 3.63) is 11.9 Å². The molecule has 118 valence electrons. The molecule has 1 aromatic heterocycles. The Morgan fingerprint density at radius 1 is 1.24 bits per heavy atom. The zero-order valence-electron chi connectivity index (χ0n) is 13.7. The van der Waals surface area contributed by atoms with E-state index in [0.29, 0.717) is 13.1 Å². The molecule has 2 N–H and O–H groups in total. The van der Waals surface area contributed by atoms with Crippen molar-refractivity contribution in [1.29, 1.82) is 0 Å². The molecular weight excluding hydrogens is 266 g/mol. The lowest BCUT2D eigenvalue weighted by atomic mass is 10.0. The minimum absolute atomic E-state index is 0.117. The van der Waals surface area contributed by atoms with Crippen LogP contribution >= 0.6 is 0 Å². The van der Waals surface area contributed by atoms with Gasteiger partial charge in [-0.1, -0.05) is 13.8 Å². The van der Waals surface area contributed by atoms with Gasteiger partial charge in [0.15, 0.2) is 0 Å². The lowest BCUT2D eigenvalue weighted by Crippen LogP contribution is -2.33. The van der Waals surface area contributed by atoms with Crippen LogP contribution in [0.4, 0.5) is 11.6 Å². The van der Waals surface area contributed by atoms with Gasteiger partial charge >= 0.3 is 0 Å². The summed E-state index contributed by atoms with van der Waals surface area (Å²) in [6, 6.07) is 1.90. The molecule has 0 radical (unpaired) electrons. The lowest BCUT2D eigenvalue weighted by molar-refractivity contribution is -0.125. The summed E-state index contributed by atoms with van der Waals surface area (Å²) in [6.45, 7) is 7.19. The fourth-order valence-corrected chi connectivity index (χ4v) is 2.05. The number of nitrogens with zero attached hydrogens (tertiary/aromatic N) is 3. The van der Waals surface area contributed by atoms with Gasteiger partial charge in [-0.05, 0) is 19.8 Å². The molecule has 6 heteroatoms. The maximum absolute atomic E-state index is 11.8. The van der Waals surface area contributed by atoms with E-state index in [9.17, 15) is 4.79 Å². The van der Waals surface area contributed by atoms with Crippen LogP contribution in [0.3, 0.4) is 0 Å². The summed E-state index contributed by atoms with van der Waals surface area (Å²) < 4.78 is 0. The SMILES string of the molecule is CCC(CC)C(=O)NCCNc1cc(N(C)C)nc(C)n1. The standard InChI is InChI=1S/C15H27N5O/c1-6-12(7-2)15(21)17-9-8-16-13-10-14(20(4)5)19-11(3)18-13/h10,12H,6-9H2,1-5H3,(H,17,21)(H,16,18,19). The molecule has 0 aliphatic rings. The monoisotopic (exact) mass is 293 g/mol. The van der Waals surface area contributed by atoms with E-state index in [-0.39, 0.29) is 11.8 Å². The molecule has 0 saturated heterocycles. The van der Waals surface area contributed by atoms with E-state index in [1.165, 1.54) is 0 Å². The molecule has 0 spiro atoms. The number of carbonyl (C=O) groups excluding carboxylic acids is 1. The van der Waals surface area contributed by atoms with Crippen LogP contribution in [0.1, 0.15) is 32.5 Å². The second-order valence-corrected chi connectivity index (χ2v) is 5.28. The third-order valence-electron chi connectivity index (χ3n) is 3.37. The van der Waals surface area contributed by atoms with Gasteiger partial charge in [0.1, 0.15) is 17.5 Å². The Balaban J connectivity index is 2.44. The maximum Gasteiger partial charge on any atom is 0.223 e. The van der Waals surface area contributed by atoms with E-state index in [4.69, 9.17) is 0 Å². The molecule has 0 aliphatic carbocycles. The van der Waals surface area contributed by atoms with Crippen molar-refractivity contribution in [1.82, 2.24) is 15.3 Å². The first kappa shape index (κ1) is 17.2. The van der Waals surface area contributed by atoms with Crippen molar-refractivity contribution >= 4 is 17.5 Å². The summed E-state index contributed by atoms with van der Waals surface area (Å²) in [4.78, 5) is 22.5. The second kappa shape index (κ2) is 8.44. The van der Waals surface area contributed by atoms with Crippen LogP contribution < -0.4 is 15.5 Å². The first-order valence-electron chi connectivity index (χ1n) is 7.52. The van der Waals surface area contributed by atoms with Gasteiger partial charge in [-0.3, -0.25) is 4.79 Å². The van der Waals surface area contributed by atoms with Crippen LogP contribution in [-0.4, -0.2) is 43.1 Å². The molecule has 1 heterocycles. The van der Waals surface area contributed by atoms with E-state index in [0.717, 1.165) is 30.3 Å². The van der Waals surface area contributed by atoms with Crippen LogP contribution in [0.15, 0.2) is 6.07 Å². The van der Waals surface area contributed by atoms with Crippen molar-refractivity contribution in [2.45, 2.75) is 33.6 Å². The molecule has 0 fully saturated rings. The van der Waals surface area contributed by atoms with Gasteiger partial charge in [0.2, 0.25) is 5.91 Å². The summed E-state index contributed by atoms with van der Waals surface area (Å²) >= 11 is 0. The Bertz CT molecular complexity index is 457. The predicted octanol–water partition coefficient (Wildman–Crippen LogP) is 1.82. The summed E-state index contributed by atoms with van der Waals surface area (Å²) in [5, 5.41) is 6.17. The molecule has 21 heavy (non-hydrogen) atoms. The van der Waals surface area contributed by atoms with Gasteiger partial charge in [-0.2, -0.15) is 0 Å². The molecule has 1 rings (SSSR count). The summed E-state index contributed by atoms with van der Waals surface area (Å²) in [7, 11) is 3.89. The van der Waals surface area contributed by atoms with Gasteiger partial charge in [-0.25, -0.2) is 9.97 Å². The highest BCUT2D eigenvalue weighted by Crippen LogP contribution is 2.13. The molecule has 0 aromatic carbocycles. The first-order chi connectivity index (χ1) is 9.97. The highest BCUT2D eigenvalue weighted by molar-refractivity contribution is 5.78. The molecule has 0 unspecified atom stereocenters. The molecule has 1 amide bonds. The van der Waals surface area contributed by atoms with Crippen molar-refractivity contribution < 1.29 is 4.79 Å². The number of rotatable bonds is 8. The third-order valence-corrected chi connectivity index (χ3v) is 3.37. The average Bonchev–Trinajstić information content (AvgIpc) is 2.44. The fraction of sp³-hybridized carbons (Fsp3) is 0.667. The molecule has 0 saturated carbocycles. The first-order valence-corrected chi connectivity index (χ1v) is 7.52. The summed E-state index contributed by atoms with van der Waals surface area (Å²) in [5.41, 5.74) is 0. The predicted molar refractivity (Wildman–Crippen MR) is 86.7 cm³/mol. The van der Waals surface area contributed by atoms with Gasteiger partial charge < -0.3 is 15.5 Å². The van der Waals surface area contributed by atoms with Crippen LogP contribution in [-0.2, 0) is 4.79 Å². The van der Waals surface area contributed by atoms with Crippen LogP contribution in [0.2, 0.25) is 0 Å². The van der Waals surface area contributed by atoms with Crippen molar-refractivity contribution in [3.8, 4) is 0 Å². The lowest BCUT2D eigenvalue weighted by Gasteiger charge is -2.15. The molecule has 1 aromatic rings. The largest absolute Gasteiger partial charge is 0.368 e. The molecular formula is C15H27N5O. The second-order valence-electron chi connectivity index (χ2n) is 5.28. The van der Waals surface area contributed by atoms with E-state index < -0.39 is 0 Å². The molecule has 0 aliphatic heterocycles.